The van der Waals surface area contributed by atoms with Gasteiger partial charge in [0.25, 0.3) is 5.91 Å². The summed E-state index contributed by atoms with van der Waals surface area (Å²) in [6, 6.07) is 1.67. The van der Waals surface area contributed by atoms with Crippen LogP contribution in [0.25, 0.3) is 5.95 Å². The summed E-state index contributed by atoms with van der Waals surface area (Å²) >= 11 is 0. The Morgan fingerprint density at radius 3 is 2.86 bits per heavy atom. The Balaban J connectivity index is 1.67. The van der Waals surface area contributed by atoms with E-state index in [1.807, 2.05) is 6.92 Å². The van der Waals surface area contributed by atoms with Gasteiger partial charge in [0, 0.05) is 24.6 Å². The fourth-order valence-corrected chi connectivity index (χ4v) is 2.62. The van der Waals surface area contributed by atoms with Gasteiger partial charge in [-0.05, 0) is 38.7 Å². The molecule has 0 unspecified atom stereocenters. The van der Waals surface area contributed by atoms with E-state index in [0.29, 0.717) is 24.5 Å². The van der Waals surface area contributed by atoms with Crippen LogP contribution in [0.1, 0.15) is 43.1 Å². The number of amides is 1. The Morgan fingerprint density at radius 1 is 1.41 bits per heavy atom. The quantitative estimate of drug-likeness (QED) is 0.885. The molecule has 2 heterocycles. The van der Waals surface area contributed by atoms with Crippen LogP contribution in [0, 0.1) is 0 Å². The fourth-order valence-electron chi connectivity index (χ4n) is 2.62. The summed E-state index contributed by atoms with van der Waals surface area (Å²) < 4.78 is 1.65. The van der Waals surface area contributed by atoms with E-state index in [-0.39, 0.29) is 11.9 Å². The van der Waals surface area contributed by atoms with Gasteiger partial charge in [-0.15, -0.1) is 0 Å². The molecule has 0 aliphatic heterocycles. The zero-order valence-corrected chi connectivity index (χ0v) is 12.4. The molecular weight excluding hydrogens is 282 g/mol. The molecule has 0 spiro atoms. The van der Waals surface area contributed by atoms with E-state index in [2.05, 4.69) is 20.3 Å². The molecule has 1 aliphatic carbocycles. The average Bonchev–Trinajstić information content (AvgIpc) is 3.04. The Labute approximate surface area is 128 Å². The second kappa shape index (κ2) is 5.84. The molecule has 7 nitrogen and oxygen atoms in total. The van der Waals surface area contributed by atoms with Gasteiger partial charge in [0.1, 0.15) is 12.0 Å². The highest BCUT2D eigenvalue weighted by atomic mass is 16.3. The van der Waals surface area contributed by atoms with Gasteiger partial charge in [-0.3, -0.25) is 9.36 Å². The largest absolute Gasteiger partial charge is 0.390 e. The molecule has 0 saturated heterocycles. The number of aliphatic hydroxyl groups is 1. The maximum Gasteiger partial charge on any atom is 0.270 e. The van der Waals surface area contributed by atoms with Crippen LogP contribution in [0.15, 0.2) is 31.0 Å². The van der Waals surface area contributed by atoms with Crippen molar-refractivity contribution in [3.8, 4) is 5.95 Å². The molecule has 3 rings (SSSR count). The topological polar surface area (TPSA) is 92.9 Å². The molecule has 0 radical (unpaired) electrons. The third kappa shape index (κ3) is 3.30. The monoisotopic (exact) mass is 301 g/mol. The maximum absolute atomic E-state index is 12.3. The predicted octanol–water partition coefficient (Wildman–Crippen LogP) is 1.09. The van der Waals surface area contributed by atoms with Gasteiger partial charge in [0.2, 0.25) is 5.95 Å². The summed E-state index contributed by atoms with van der Waals surface area (Å²) in [6.07, 6.45) is 9.44. The SMILES string of the molecule is CC1(O)CCC(NC(=O)c2ccnc(-n3ccnc3)n2)CC1. The lowest BCUT2D eigenvalue weighted by molar-refractivity contribution is 0.0140. The fraction of sp³-hybridized carbons (Fsp3) is 0.467. The van der Waals surface area contributed by atoms with E-state index in [9.17, 15) is 9.90 Å². The molecule has 1 saturated carbocycles. The van der Waals surface area contributed by atoms with E-state index in [4.69, 9.17) is 0 Å². The second-order valence-electron chi connectivity index (χ2n) is 5.96. The number of aromatic nitrogens is 4. The zero-order valence-electron chi connectivity index (χ0n) is 12.4. The van der Waals surface area contributed by atoms with Gasteiger partial charge < -0.3 is 10.4 Å². The van der Waals surface area contributed by atoms with E-state index >= 15 is 0 Å². The van der Waals surface area contributed by atoms with E-state index in [1.165, 1.54) is 0 Å². The van der Waals surface area contributed by atoms with Crippen molar-refractivity contribution in [3.05, 3.63) is 36.7 Å². The summed E-state index contributed by atoms with van der Waals surface area (Å²) in [4.78, 5) is 24.6. The third-order valence-electron chi connectivity index (χ3n) is 4.01. The Hall–Kier alpha value is -2.28. The number of rotatable bonds is 3. The number of nitrogens with zero attached hydrogens (tertiary/aromatic N) is 4. The molecule has 2 aromatic rings. The van der Waals surface area contributed by atoms with Crippen molar-refractivity contribution in [2.45, 2.75) is 44.2 Å². The molecule has 22 heavy (non-hydrogen) atoms. The number of hydrogen-bond acceptors (Lipinski definition) is 5. The van der Waals surface area contributed by atoms with Crippen LogP contribution >= 0.6 is 0 Å². The van der Waals surface area contributed by atoms with Crippen LogP contribution in [0.4, 0.5) is 0 Å². The molecular formula is C15H19N5O2. The zero-order chi connectivity index (χ0) is 15.6. The lowest BCUT2D eigenvalue weighted by Crippen LogP contribution is -2.42. The summed E-state index contributed by atoms with van der Waals surface area (Å²) in [5, 5.41) is 12.9. The molecule has 0 bridgehead atoms. The van der Waals surface area contributed by atoms with Crippen LogP contribution in [-0.4, -0.2) is 42.2 Å². The Kier molecular flexibility index (Phi) is 3.89. The van der Waals surface area contributed by atoms with Crippen molar-refractivity contribution in [1.82, 2.24) is 24.8 Å². The molecule has 2 aromatic heterocycles. The minimum absolute atomic E-state index is 0.0828. The highest BCUT2D eigenvalue weighted by Gasteiger charge is 2.29. The lowest BCUT2D eigenvalue weighted by atomic mass is 9.83. The summed E-state index contributed by atoms with van der Waals surface area (Å²) in [5.41, 5.74) is -0.277. The van der Waals surface area contributed by atoms with E-state index in [1.54, 1.807) is 35.6 Å². The average molecular weight is 301 g/mol. The molecule has 1 amide bonds. The summed E-state index contributed by atoms with van der Waals surface area (Å²) in [6.45, 7) is 1.84. The van der Waals surface area contributed by atoms with Crippen LogP contribution < -0.4 is 5.32 Å². The molecule has 0 atom stereocenters. The number of imidazole rings is 1. The first-order chi connectivity index (χ1) is 10.5. The van der Waals surface area contributed by atoms with Crippen molar-refractivity contribution in [2.75, 3.05) is 0 Å². The smallest absolute Gasteiger partial charge is 0.270 e. The van der Waals surface area contributed by atoms with Gasteiger partial charge in [0.05, 0.1) is 5.60 Å². The van der Waals surface area contributed by atoms with Gasteiger partial charge in [-0.2, -0.15) is 0 Å². The summed E-state index contributed by atoms with van der Waals surface area (Å²) in [7, 11) is 0. The van der Waals surface area contributed by atoms with Crippen LogP contribution in [0.2, 0.25) is 0 Å². The van der Waals surface area contributed by atoms with Crippen molar-refractivity contribution < 1.29 is 9.90 Å². The molecule has 1 fully saturated rings. The molecule has 7 heteroatoms. The number of carbonyl (C=O) groups is 1. The van der Waals surface area contributed by atoms with Crippen molar-refractivity contribution >= 4 is 5.91 Å². The van der Waals surface area contributed by atoms with Crippen molar-refractivity contribution in [3.63, 3.8) is 0 Å². The van der Waals surface area contributed by atoms with Crippen LogP contribution in [0.3, 0.4) is 0 Å². The summed E-state index contributed by atoms with van der Waals surface area (Å²) in [5.74, 6) is 0.201. The Morgan fingerprint density at radius 2 is 2.18 bits per heavy atom. The standard InChI is InChI=1S/C15H19N5O2/c1-15(22)5-2-11(3-6-15)18-13(21)12-4-7-17-14(19-12)20-9-8-16-10-20/h4,7-11,22H,2-3,5-6H2,1H3,(H,18,21). The highest BCUT2D eigenvalue weighted by Crippen LogP contribution is 2.27. The normalized spacial score (nSPS) is 24.9. The van der Waals surface area contributed by atoms with Gasteiger partial charge >= 0.3 is 0 Å². The number of carbonyl (C=O) groups excluding carboxylic acids is 1. The van der Waals surface area contributed by atoms with E-state index in [0.717, 1.165) is 12.8 Å². The van der Waals surface area contributed by atoms with Crippen LogP contribution in [0.5, 0.6) is 0 Å². The minimum Gasteiger partial charge on any atom is -0.390 e. The molecule has 1 aliphatic rings. The van der Waals surface area contributed by atoms with Crippen molar-refractivity contribution in [1.29, 1.82) is 0 Å². The Bertz CT molecular complexity index is 644. The number of hydrogen-bond donors (Lipinski definition) is 2. The molecule has 0 aromatic carbocycles. The third-order valence-corrected chi connectivity index (χ3v) is 4.01. The second-order valence-corrected chi connectivity index (χ2v) is 5.96. The van der Waals surface area contributed by atoms with Crippen molar-refractivity contribution in [2.24, 2.45) is 0 Å². The molecule has 2 N–H and O–H groups in total. The van der Waals surface area contributed by atoms with Gasteiger partial charge in [-0.25, -0.2) is 15.0 Å². The van der Waals surface area contributed by atoms with Gasteiger partial charge in [-0.1, -0.05) is 0 Å². The number of nitrogens with one attached hydrogen (secondary N) is 1. The first-order valence-electron chi connectivity index (χ1n) is 7.38. The lowest BCUT2D eigenvalue weighted by Gasteiger charge is -2.33. The highest BCUT2D eigenvalue weighted by molar-refractivity contribution is 5.92. The predicted molar refractivity (Wildman–Crippen MR) is 79.5 cm³/mol. The van der Waals surface area contributed by atoms with Gasteiger partial charge in [0.15, 0.2) is 0 Å². The maximum atomic E-state index is 12.3. The molecule has 116 valence electrons. The van der Waals surface area contributed by atoms with Crippen LogP contribution in [-0.2, 0) is 0 Å². The minimum atomic E-state index is -0.606. The first kappa shape index (κ1) is 14.6. The first-order valence-corrected chi connectivity index (χ1v) is 7.38. The van der Waals surface area contributed by atoms with E-state index < -0.39 is 5.60 Å².